The van der Waals surface area contributed by atoms with Crippen LogP contribution in [0.25, 0.3) is 0 Å². The van der Waals surface area contributed by atoms with Crippen LogP contribution in [0.2, 0.25) is 10.0 Å². The highest BCUT2D eigenvalue weighted by Gasteiger charge is 2.49. The second kappa shape index (κ2) is 47.6. The lowest BCUT2D eigenvalue weighted by Crippen LogP contribution is -2.24. The number of aryl methyl sites for hydroxylation is 3. The number of nitrogens with zero attached hydrogens (tertiary/aromatic N) is 8. The van der Waals surface area contributed by atoms with Gasteiger partial charge in [-0.2, -0.15) is 65.8 Å². The number of hydrogen-bond donors (Lipinski definition) is 1. The number of aromatic carboxylic acids is 1. The molecule has 0 bridgehead atoms. The smallest absolute Gasteiger partial charge is 0.497 e. The second-order valence-electron chi connectivity index (χ2n) is 24.4. The van der Waals surface area contributed by atoms with E-state index in [1.807, 2.05) is 69.3 Å². The van der Waals surface area contributed by atoms with Crippen molar-refractivity contribution in [3.8, 4) is 17.9 Å². The first kappa shape index (κ1) is 99.2. The van der Waals surface area contributed by atoms with E-state index in [9.17, 15) is 69.1 Å². The zero-order valence-corrected chi connectivity index (χ0v) is 72.2. The van der Waals surface area contributed by atoms with Crippen molar-refractivity contribution in [2.24, 2.45) is 30.9 Å². The van der Waals surface area contributed by atoms with Crippen LogP contribution in [-0.4, -0.2) is 111 Å². The molecule has 0 aliphatic carbocycles. The third kappa shape index (κ3) is 31.8. The summed E-state index contributed by atoms with van der Waals surface area (Å²) in [6.07, 6.45) is 1.27. The Labute approximate surface area is 725 Å². The molecule has 0 amide bonds. The molecular weight excluding hydrogens is 1780 g/mol. The molecule has 11 aromatic rings. The number of nitriles is 2. The number of oxime groups is 6. The van der Waals surface area contributed by atoms with Crippen LogP contribution in [0.5, 0.6) is 5.75 Å². The molecular formula is C84H71Cl2F3N8O21S6. The maximum atomic E-state index is 12.3. The number of ether oxygens (including phenoxy) is 1. The van der Waals surface area contributed by atoms with Crippen molar-refractivity contribution >= 4 is 131 Å². The van der Waals surface area contributed by atoms with E-state index in [1.165, 1.54) is 98.1 Å². The van der Waals surface area contributed by atoms with E-state index in [2.05, 4.69) is 48.1 Å². The van der Waals surface area contributed by atoms with Crippen LogP contribution in [0.15, 0.2) is 347 Å². The monoisotopic (exact) mass is 1850 g/mol. The van der Waals surface area contributed by atoms with Gasteiger partial charge in [0, 0.05) is 34.2 Å². The Hall–Kier alpha value is -13.6. The number of carboxylic acids is 1. The minimum atomic E-state index is -5.85. The van der Waals surface area contributed by atoms with Crippen LogP contribution in [0.1, 0.15) is 81.2 Å². The Bertz CT molecular complexity index is 6370. The fourth-order valence-electron chi connectivity index (χ4n) is 9.59. The Kier molecular flexibility index (Phi) is 38.1. The van der Waals surface area contributed by atoms with E-state index in [4.69, 9.17) is 52.1 Å². The largest absolute Gasteiger partial charge is 0.536 e. The summed E-state index contributed by atoms with van der Waals surface area (Å²) in [6, 6.07) is 80.8. The Morgan fingerprint density at radius 1 is 0.452 bits per heavy atom. The van der Waals surface area contributed by atoms with E-state index >= 15 is 0 Å². The minimum absolute atomic E-state index is 0.0123. The third-order valence-corrected chi connectivity index (χ3v) is 22.3. The lowest BCUT2D eigenvalue weighted by Gasteiger charge is -2.11. The molecule has 0 saturated carbocycles. The highest BCUT2D eigenvalue weighted by atomic mass is 35.5. The van der Waals surface area contributed by atoms with Gasteiger partial charge in [-0.15, -0.1) is 0 Å². The van der Waals surface area contributed by atoms with Gasteiger partial charge in [-0.3, -0.25) is 30.5 Å². The molecule has 40 heteroatoms. The molecule has 29 nitrogen and oxygen atoms in total. The average molecular weight is 1850 g/mol. The zero-order chi connectivity index (χ0) is 91.3. The molecule has 0 aliphatic heterocycles. The lowest BCUT2D eigenvalue weighted by molar-refractivity contribution is -0.111. The summed E-state index contributed by atoms with van der Waals surface area (Å²) in [6.45, 7) is 10.7. The quantitative estimate of drug-likeness (QED) is 0.0299. The number of carbonyl (C=O) groups is 2. The van der Waals surface area contributed by atoms with E-state index in [0.29, 0.717) is 33.0 Å². The number of Topliss-reactive ketones (excluding diaryl/α,β-unsaturated/α-hetero) is 1. The highest BCUT2D eigenvalue weighted by Crippen LogP contribution is 2.29. The first-order valence-electron chi connectivity index (χ1n) is 35.1. The van der Waals surface area contributed by atoms with Gasteiger partial charge in [-0.05, 0) is 160 Å². The predicted molar refractivity (Wildman–Crippen MR) is 459 cm³/mol. The molecule has 0 fully saturated rings. The number of benzene rings is 11. The standard InChI is InChI=1S/C17H17Cl2NO3S.C15H13NO4S.C15H15NO3S.C14H10N2O3S.C14H11NO5S.C9H5F3N2O3S/c1-10-7-11(2)17(12(3)8-10)13(4)20-23-24(21,22)16-9-14(18)5-6-15(16)19;1-12(17)15(13-8-4-2-5-9-13)16-20-21(18,19)14-10-6-3-7-11-14;1-12(13-8-10-14(18-2)11-9-13)16-19-20(17)15-6-4-3-5-7-15;15-11-14(12-7-3-1-4-8-12)16-19-20(17,18)13-9-5-2-6-10-13;16-14(17)12-6-8-13(9-7-12)21(18,19)20-15-10-11-4-2-1-3-5-11;10-9(11,12)18(15,16)17-14-8(6-13)7-4-2-1-3-5-7/h5-9H,1-4H3;2-11H,1H3;3-11H,1-2H3;1-10H;1-10H,(H,16,17);1-5H/b20-13+;16-15+;16-12+;16-14+;15-10+;14-8+. The first-order chi connectivity index (χ1) is 58.7. The summed E-state index contributed by atoms with van der Waals surface area (Å²) in [4.78, 5) is 22.4. The summed E-state index contributed by atoms with van der Waals surface area (Å²) < 4.78 is 197. The minimum Gasteiger partial charge on any atom is -0.497 e. The molecule has 0 saturated heterocycles. The van der Waals surface area contributed by atoms with Gasteiger partial charge in [0.2, 0.25) is 0 Å². The lowest BCUT2D eigenvalue weighted by atomic mass is 9.97. The number of ketones is 1. The average Bonchev–Trinajstić information content (AvgIpc) is 0.811. The molecule has 1 unspecified atom stereocenters. The fraction of sp³-hybridized carbons (Fsp3) is 0.0952. The Morgan fingerprint density at radius 2 is 0.855 bits per heavy atom. The van der Waals surface area contributed by atoms with Crippen molar-refractivity contribution in [3.05, 3.63) is 357 Å². The van der Waals surface area contributed by atoms with Gasteiger partial charge in [-0.25, -0.2) is 9.00 Å². The highest BCUT2D eigenvalue weighted by molar-refractivity contribution is 7.88. The summed E-state index contributed by atoms with van der Waals surface area (Å²) in [7, 11) is -20.5. The second-order valence-corrected chi connectivity index (χ2v) is 34.0. The Balaban J connectivity index is 0.000000231. The van der Waals surface area contributed by atoms with Crippen LogP contribution >= 0.6 is 23.2 Å². The summed E-state index contributed by atoms with van der Waals surface area (Å²) in [5.41, 5.74) is 1.44. The van der Waals surface area contributed by atoms with Crippen molar-refractivity contribution in [2.75, 3.05) is 7.11 Å². The van der Waals surface area contributed by atoms with Crippen molar-refractivity contribution in [2.45, 2.75) is 71.5 Å². The molecule has 11 aromatic carbocycles. The van der Waals surface area contributed by atoms with Crippen molar-refractivity contribution in [1.29, 1.82) is 10.5 Å². The number of methoxy groups -OCH3 is 1. The molecule has 0 aromatic heterocycles. The first-order valence-corrected chi connectivity index (χ1v) is 44.0. The van der Waals surface area contributed by atoms with Gasteiger partial charge >= 0.3 is 62.1 Å². The molecule has 0 radical (unpaired) electrons. The Morgan fingerprint density at radius 3 is 1.30 bits per heavy atom. The van der Waals surface area contributed by atoms with Gasteiger partial charge in [0.15, 0.2) is 22.9 Å². The number of carboxylic acid groups (broad SMARTS) is 1. The van der Waals surface area contributed by atoms with Gasteiger partial charge in [-0.1, -0.05) is 248 Å². The number of rotatable bonds is 26. The van der Waals surface area contributed by atoms with Crippen LogP contribution in [0, 0.1) is 43.4 Å². The fourth-order valence-corrected chi connectivity index (χ4v) is 14.2. The summed E-state index contributed by atoms with van der Waals surface area (Å²) >= 11 is 10.1. The maximum Gasteiger partial charge on any atom is 0.536 e. The summed E-state index contributed by atoms with van der Waals surface area (Å²) in [5.74, 6) is -0.748. The van der Waals surface area contributed by atoms with E-state index in [1.54, 1.807) is 179 Å². The van der Waals surface area contributed by atoms with Gasteiger partial charge in [0.05, 0.1) is 40.2 Å². The molecule has 1 atom stereocenters. The van der Waals surface area contributed by atoms with Gasteiger partial charge < -0.3 is 9.84 Å². The van der Waals surface area contributed by atoms with E-state index < -0.39 is 78.9 Å². The van der Waals surface area contributed by atoms with Crippen LogP contribution in [-0.2, 0) is 92.2 Å². The van der Waals surface area contributed by atoms with Crippen molar-refractivity contribution < 1.29 is 105 Å². The third-order valence-electron chi connectivity index (χ3n) is 15.4. The summed E-state index contributed by atoms with van der Waals surface area (Å²) in [5, 5.41) is 47.4. The van der Waals surface area contributed by atoms with Crippen LogP contribution in [0.3, 0.4) is 0 Å². The molecule has 11 rings (SSSR count). The predicted octanol–water partition coefficient (Wildman–Crippen LogP) is 16.8. The van der Waals surface area contributed by atoms with Crippen molar-refractivity contribution in [1.82, 2.24) is 0 Å². The number of alkyl halides is 3. The topological polar surface area (TPSA) is 428 Å². The normalized spacial score (nSPS) is 12.2. The number of carbonyl (C=O) groups excluding carboxylic acids is 1. The van der Waals surface area contributed by atoms with Gasteiger partial charge in [0.1, 0.15) is 37.5 Å². The SMILES string of the molecule is C/C(=N\OS(=O)(=O)c1cc(Cl)ccc1Cl)c1c(C)cc(C)cc1C.CC(=O)/C(=N\OS(=O)(=O)c1ccccc1)c1ccccc1.COc1ccc(/C(C)=N/OS(=O)c2ccccc2)cc1.N#C/C(=N\OS(=O)(=O)C(F)(F)F)c1ccccc1.N#C/C(=N\OS(=O)(=O)c1ccccc1)c1ccccc1.O=C(O)c1ccc(S(=O)(=O)O/N=C/c2ccccc2)cc1. The van der Waals surface area contributed by atoms with Crippen LogP contribution < -0.4 is 4.74 Å². The van der Waals surface area contributed by atoms with Gasteiger partial charge in [0.25, 0.3) is 11.1 Å². The number of hydrogen-bond acceptors (Lipinski definition) is 28. The maximum absolute atomic E-state index is 12.3. The molecule has 124 heavy (non-hydrogen) atoms. The molecule has 0 aliphatic rings. The number of halogens is 5. The molecule has 0 heterocycles. The molecule has 1 N–H and O–H groups in total. The zero-order valence-electron chi connectivity index (χ0n) is 65.8. The van der Waals surface area contributed by atoms with Crippen LogP contribution in [0.4, 0.5) is 13.2 Å². The van der Waals surface area contributed by atoms with E-state index in [-0.39, 0.29) is 58.0 Å². The van der Waals surface area contributed by atoms with Crippen molar-refractivity contribution in [3.63, 3.8) is 0 Å². The molecule has 644 valence electrons. The molecule has 0 spiro atoms. The van der Waals surface area contributed by atoms with E-state index in [0.717, 1.165) is 45.7 Å².